The van der Waals surface area contributed by atoms with Crippen molar-refractivity contribution in [2.24, 2.45) is 0 Å². The van der Waals surface area contributed by atoms with Crippen LogP contribution in [0.3, 0.4) is 0 Å². The zero-order valence-corrected chi connectivity index (χ0v) is 17.8. The first kappa shape index (κ1) is 20.7. The van der Waals surface area contributed by atoms with Crippen LogP contribution in [0.25, 0.3) is 11.1 Å². The van der Waals surface area contributed by atoms with Gasteiger partial charge in [-0.15, -0.1) is 0 Å². The van der Waals surface area contributed by atoms with Gasteiger partial charge in [-0.2, -0.15) is 0 Å². The third-order valence-corrected chi connectivity index (χ3v) is 6.42. The van der Waals surface area contributed by atoms with Crippen LogP contribution in [0.15, 0.2) is 97.1 Å². The van der Waals surface area contributed by atoms with Gasteiger partial charge in [0.15, 0.2) is 0 Å². The third-order valence-electron chi connectivity index (χ3n) is 6.42. The van der Waals surface area contributed by atoms with Gasteiger partial charge in [0.05, 0.1) is 0 Å². The number of carboxylic acids is 2. The van der Waals surface area contributed by atoms with Crippen molar-refractivity contribution in [3.63, 3.8) is 0 Å². The van der Waals surface area contributed by atoms with E-state index in [9.17, 15) is 19.8 Å². The number of benzene rings is 4. The van der Waals surface area contributed by atoms with Crippen LogP contribution in [0.5, 0.6) is 0 Å². The van der Waals surface area contributed by atoms with E-state index in [0.717, 1.165) is 22.3 Å². The number of hydrogen-bond donors (Lipinski definition) is 2. The van der Waals surface area contributed by atoms with Crippen LogP contribution in [-0.2, 0) is 16.0 Å². The Bertz CT molecular complexity index is 1340. The maximum atomic E-state index is 12.7. The van der Waals surface area contributed by atoms with Crippen molar-refractivity contribution < 1.29 is 19.8 Å². The summed E-state index contributed by atoms with van der Waals surface area (Å²) in [4.78, 5) is 25.3. The zero-order chi connectivity index (χ0) is 22.9. The molecule has 1 aliphatic rings. The van der Waals surface area contributed by atoms with Crippen molar-refractivity contribution in [3.8, 4) is 11.1 Å². The largest absolute Gasteiger partial charge is 0.481 e. The molecule has 0 saturated carbocycles. The monoisotopic (exact) mass is 434 g/mol. The van der Waals surface area contributed by atoms with E-state index in [1.807, 2.05) is 54.6 Å². The average molecular weight is 434 g/mol. The second kappa shape index (κ2) is 8.40. The Morgan fingerprint density at radius 2 is 1.15 bits per heavy atom. The van der Waals surface area contributed by atoms with Gasteiger partial charge in [-0.05, 0) is 50.9 Å². The molecule has 2 atom stereocenters. The van der Waals surface area contributed by atoms with Crippen LogP contribution in [0.2, 0.25) is 0 Å². The van der Waals surface area contributed by atoms with Crippen LogP contribution in [-0.4, -0.2) is 22.2 Å². The normalized spacial score (nSPS) is 13.6. The molecule has 0 aromatic heterocycles. The Balaban J connectivity index is 1.82. The summed E-state index contributed by atoms with van der Waals surface area (Å²) in [6, 6.07) is 29.9. The fourth-order valence-electron chi connectivity index (χ4n) is 5.02. The molecule has 4 nitrogen and oxygen atoms in total. The maximum absolute atomic E-state index is 12.7. The fourth-order valence-corrected chi connectivity index (χ4v) is 5.02. The SMILES string of the molecule is O=C(O)C(c1ccccc1)c1ccc2c(c1C(C(=O)O)c1ccccc1)Cc1ccccc1-2. The highest BCUT2D eigenvalue weighted by Crippen LogP contribution is 2.45. The van der Waals surface area contributed by atoms with Gasteiger partial charge in [0, 0.05) is 0 Å². The van der Waals surface area contributed by atoms with Gasteiger partial charge >= 0.3 is 11.9 Å². The molecule has 162 valence electrons. The Morgan fingerprint density at radius 1 is 0.606 bits per heavy atom. The fraction of sp³-hybridized carbons (Fsp3) is 0.103. The number of rotatable bonds is 6. The molecule has 5 rings (SSSR count). The first-order valence-corrected chi connectivity index (χ1v) is 10.9. The summed E-state index contributed by atoms with van der Waals surface area (Å²) in [5, 5.41) is 20.7. The molecule has 2 unspecified atom stereocenters. The van der Waals surface area contributed by atoms with Crippen molar-refractivity contribution in [1.82, 2.24) is 0 Å². The molecule has 0 bridgehead atoms. The predicted octanol–water partition coefficient (Wildman–Crippen LogP) is 5.69. The molecular weight excluding hydrogens is 412 g/mol. The molecule has 0 saturated heterocycles. The number of aliphatic carboxylic acids is 2. The molecule has 4 aromatic rings. The minimum Gasteiger partial charge on any atom is -0.481 e. The Kier molecular flexibility index (Phi) is 5.27. The summed E-state index contributed by atoms with van der Waals surface area (Å²) >= 11 is 0. The average Bonchev–Trinajstić information content (AvgIpc) is 3.20. The number of carbonyl (C=O) groups is 2. The van der Waals surface area contributed by atoms with Crippen LogP contribution < -0.4 is 0 Å². The molecule has 0 fully saturated rings. The van der Waals surface area contributed by atoms with E-state index in [1.165, 1.54) is 0 Å². The van der Waals surface area contributed by atoms with E-state index >= 15 is 0 Å². The first-order chi connectivity index (χ1) is 16.1. The minimum absolute atomic E-state index is 0.525. The lowest BCUT2D eigenvalue weighted by atomic mass is 9.77. The van der Waals surface area contributed by atoms with Crippen molar-refractivity contribution in [2.75, 3.05) is 0 Å². The summed E-state index contributed by atoms with van der Waals surface area (Å²) in [5.41, 5.74) is 6.43. The first-order valence-electron chi connectivity index (χ1n) is 10.9. The number of hydrogen-bond acceptors (Lipinski definition) is 2. The zero-order valence-electron chi connectivity index (χ0n) is 17.8. The molecule has 4 aromatic carbocycles. The van der Waals surface area contributed by atoms with E-state index in [0.29, 0.717) is 28.7 Å². The maximum Gasteiger partial charge on any atom is 0.315 e. The van der Waals surface area contributed by atoms with E-state index in [4.69, 9.17) is 0 Å². The van der Waals surface area contributed by atoms with Crippen molar-refractivity contribution >= 4 is 11.9 Å². The van der Waals surface area contributed by atoms with Gasteiger partial charge in [-0.1, -0.05) is 97.1 Å². The number of carboxylic acid groups (broad SMARTS) is 2. The minimum atomic E-state index is -1.00. The van der Waals surface area contributed by atoms with Gasteiger partial charge in [-0.25, -0.2) is 0 Å². The van der Waals surface area contributed by atoms with Crippen LogP contribution in [0.1, 0.15) is 45.2 Å². The molecule has 0 amide bonds. The quantitative estimate of drug-likeness (QED) is 0.360. The second-order valence-electron chi connectivity index (χ2n) is 8.29. The molecular formula is C29H22O4. The van der Waals surface area contributed by atoms with Gasteiger partial charge in [0.1, 0.15) is 11.8 Å². The van der Waals surface area contributed by atoms with Crippen LogP contribution in [0, 0.1) is 0 Å². The lowest BCUT2D eigenvalue weighted by Crippen LogP contribution is -2.22. The molecule has 0 radical (unpaired) electrons. The van der Waals surface area contributed by atoms with Gasteiger partial charge in [0.25, 0.3) is 0 Å². The van der Waals surface area contributed by atoms with Gasteiger partial charge < -0.3 is 10.2 Å². The van der Waals surface area contributed by atoms with Crippen molar-refractivity contribution in [1.29, 1.82) is 0 Å². The molecule has 0 heterocycles. The molecule has 1 aliphatic carbocycles. The predicted molar refractivity (Wildman–Crippen MR) is 127 cm³/mol. The van der Waals surface area contributed by atoms with E-state index < -0.39 is 23.8 Å². The van der Waals surface area contributed by atoms with Crippen molar-refractivity contribution in [3.05, 3.63) is 130 Å². The summed E-state index contributed by atoms with van der Waals surface area (Å²) in [6.07, 6.45) is 0.576. The second-order valence-corrected chi connectivity index (χ2v) is 8.29. The Hall–Kier alpha value is -4.18. The highest BCUT2D eigenvalue weighted by molar-refractivity contribution is 5.89. The standard InChI is InChI=1S/C29H22O4/c30-28(31)25(18-9-3-1-4-10-18)23-16-15-22-21-14-8-7-13-20(21)17-24(22)27(23)26(29(32)33)19-11-5-2-6-12-19/h1-16,25-26H,17H2,(H,30,31)(H,32,33). The van der Waals surface area contributed by atoms with Gasteiger partial charge in [0.2, 0.25) is 0 Å². The summed E-state index contributed by atoms with van der Waals surface area (Å²) in [6.45, 7) is 0. The van der Waals surface area contributed by atoms with Crippen molar-refractivity contribution in [2.45, 2.75) is 18.3 Å². The van der Waals surface area contributed by atoms with E-state index in [2.05, 4.69) is 0 Å². The Morgan fingerprint density at radius 3 is 1.76 bits per heavy atom. The molecule has 2 N–H and O–H groups in total. The van der Waals surface area contributed by atoms with E-state index in [1.54, 1.807) is 42.5 Å². The summed E-state index contributed by atoms with van der Waals surface area (Å²) < 4.78 is 0. The number of fused-ring (bicyclic) bond motifs is 3. The summed E-state index contributed by atoms with van der Waals surface area (Å²) in [7, 11) is 0. The highest BCUT2D eigenvalue weighted by atomic mass is 16.4. The van der Waals surface area contributed by atoms with E-state index in [-0.39, 0.29) is 0 Å². The lowest BCUT2D eigenvalue weighted by molar-refractivity contribution is -0.139. The molecule has 33 heavy (non-hydrogen) atoms. The molecule has 0 spiro atoms. The van der Waals surface area contributed by atoms with Gasteiger partial charge in [-0.3, -0.25) is 9.59 Å². The molecule has 0 aliphatic heterocycles. The molecule has 4 heteroatoms. The summed E-state index contributed by atoms with van der Waals surface area (Å²) in [5.74, 6) is -3.95. The third kappa shape index (κ3) is 3.60. The highest BCUT2D eigenvalue weighted by Gasteiger charge is 2.36. The Labute approximate surface area is 191 Å². The topological polar surface area (TPSA) is 74.6 Å². The van der Waals surface area contributed by atoms with Crippen LogP contribution in [0.4, 0.5) is 0 Å². The smallest absolute Gasteiger partial charge is 0.315 e. The van der Waals surface area contributed by atoms with Crippen LogP contribution >= 0.6 is 0 Å². The lowest BCUT2D eigenvalue weighted by Gasteiger charge is -2.25.